The molecular weight excluding hydrogens is 430 g/mol. The number of nitrogens with zero attached hydrogens (tertiary/aromatic N) is 6. The van der Waals surface area contributed by atoms with Crippen molar-refractivity contribution in [1.82, 2.24) is 34.8 Å². The van der Waals surface area contributed by atoms with E-state index >= 15 is 0 Å². The summed E-state index contributed by atoms with van der Waals surface area (Å²) in [4.78, 5) is 32.5. The molecule has 34 heavy (non-hydrogen) atoms. The predicted octanol–water partition coefficient (Wildman–Crippen LogP) is 2.86. The summed E-state index contributed by atoms with van der Waals surface area (Å²) in [5, 5.41) is 11.4. The van der Waals surface area contributed by atoms with E-state index in [1.165, 1.54) is 11.1 Å². The summed E-state index contributed by atoms with van der Waals surface area (Å²) in [5.74, 6) is 0.0445. The molecule has 1 aromatic carbocycles. The molecule has 3 aromatic rings. The van der Waals surface area contributed by atoms with Gasteiger partial charge in [-0.15, -0.1) is 5.10 Å². The molecule has 3 unspecified atom stereocenters. The maximum atomic E-state index is 13.8. The first-order valence-corrected chi connectivity index (χ1v) is 11.8. The summed E-state index contributed by atoms with van der Waals surface area (Å²) in [5.41, 5.74) is 4.74. The Morgan fingerprint density at radius 1 is 1.21 bits per heavy atom. The van der Waals surface area contributed by atoms with E-state index in [0.717, 1.165) is 16.7 Å². The van der Waals surface area contributed by atoms with Crippen LogP contribution in [0, 0.1) is 25.2 Å². The average molecular weight is 466 g/mol. The van der Waals surface area contributed by atoms with E-state index in [0.29, 0.717) is 19.5 Å². The van der Waals surface area contributed by atoms with Crippen molar-refractivity contribution in [2.24, 2.45) is 11.3 Å². The van der Waals surface area contributed by atoms with Crippen molar-refractivity contribution in [3.05, 3.63) is 41.5 Å². The highest BCUT2D eigenvalue weighted by Gasteiger charge is 2.44. The van der Waals surface area contributed by atoms with Gasteiger partial charge in [0.1, 0.15) is 17.8 Å². The lowest BCUT2D eigenvalue weighted by Gasteiger charge is -2.34. The second kappa shape index (κ2) is 8.85. The van der Waals surface area contributed by atoms with E-state index in [-0.39, 0.29) is 17.7 Å². The van der Waals surface area contributed by atoms with Crippen molar-refractivity contribution in [2.75, 3.05) is 13.6 Å². The number of benzene rings is 1. The Labute approximate surface area is 200 Å². The number of hydrogen-bond acceptors (Lipinski definition) is 5. The number of carbonyl (C=O) groups excluding carboxylic acids is 2. The van der Waals surface area contributed by atoms with Crippen LogP contribution in [0.1, 0.15) is 57.0 Å². The van der Waals surface area contributed by atoms with Gasteiger partial charge >= 0.3 is 0 Å². The summed E-state index contributed by atoms with van der Waals surface area (Å²) in [6, 6.07) is 3.20. The zero-order chi connectivity index (χ0) is 24.8. The van der Waals surface area contributed by atoms with Gasteiger partial charge in [0.2, 0.25) is 11.8 Å². The number of fused-ring (bicyclic) bond motifs is 1. The number of nitrogens with one attached hydrogen (secondary N) is 1. The second-order valence-corrected chi connectivity index (χ2v) is 10.7. The first-order chi connectivity index (χ1) is 16.0. The van der Waals surface area contributed by atoms with E-state index in [9.17, 15) is 9.59 Å². The summed E-state index contributed by atoms with van der Waals surface area (Å²) in [6.07, 6.45) is 4.32. The van der Waals surface area contributed by atoms with Crippen molar-refractivity contribution in [2.45, 2.75) is 66.6 Å². The molecule has 0 bridgehead atoms. The van der Waals surface area contributed by atoms with Crippen molar-refractivity contribution in [1.29, 1.82) is 0 Å². The van der Waals surface area contributed by atoms with Gasteiger partial charge in [-0.1, -0.05) is 32.9 Å². The molecule has 3 heterocycles. The molecule has 1 fully saturated rings. The van der Waals surface area contributed by atoms with Crippen LogP contribution in [0.25, 0.3) is 11.0 Å². The molecule has 2 aromatic heterocycles. The van der Waals surface area contributed by atoms with E-state index in [1.54, 1.807) is 16.6 Å². The predicted molar refractivity (Wildman–Crippen MR) is 130 cm³/mol. The number of imidazole rings is 1. The van der Waals surface area contributed by atoms with Crippen molar-refractivity contribution >= 4 is 22.8 Å². The molecule has 4 rings (SSSR count). The Hall–Kier alpha value is -3.23. The maximum Gasteiger partial charge on any atom is 0.248 e. The zero-order valence-electron chi connectivity index (χ0n) is 21.2. The Balaban J connectivity index is 1.62. The fourth-order valence-electron chi connectivity index (χ4n) is 4.87. The summed E-state index contributed by atoms with van der Waals surface area (Å²) in [6.45, 7) is 13.4. The minimum absolute atomic E-state index is 0.0962. The largest absolute Gasteiger partial charge is 0.357 e. The van der Waals surface area contributed by atoms with Gasteiger partial charge in [-0.3, -0.25) is 9.59 Å². The lowest BCUT2D eigenvalue weighted by Crippen LogP contribution is -2.49. The molecule has 3 atom stereocenters. The highest BCUT2D eigenvalue weighted by atomic mass is 16.2. The smallest absolute Gasteiger partial charge is 0.248 e. The normalized spacial score (nSPS) is 19.6. The Morgan fingerprint density at radius 2 is 1.91 bits per heavy atom. The van der Waals surface area contributed by atoms with Crippen LogP contribution < -0.4 is 5.32 Å². The van der Waals surface area contributed by atoms with Crippen LogP contribution in [0.2, 0.25) is 0 Å². The van der Waals surface area contributed by atoms with Gasteiger partial charge in [0.05, 0.1) is 30.1 Å². The van der Waals surface area contributed by atoms with Crippen LogP contribution in [0.5, 0.6) is 0 Å². The van der Waals surface area contributed by atoms with Crippen LogP contribution in [0.3, 0.4) is 0 Å². The number of hydrogen-bond donors (Lipinski definition) is 1. The monoisotopic (exact) mass is 465 g/mol. The SMILES string of the molecule is CNC(=O)C1CC(C)CN1C(=O)C(n1cc(Cn2cnc3cc(C)c(C)cc32)nn1)C(C)(C)C. The number of aromatic nitrogens is 5. The van der Waals surface area contributed by atoms with Crippen molar-refractivity contribution in [3.8, 4) is 0 Å². The molecular formula is C25H35N7O2. The molecule has 0 spiro atoms. The number of aryl methyl sites for hydroxylation is 2. The molecule has 182 valence electrons. The Morgan fingerprint density at radius 3 is 2.59 bits per heavy atom. The standard InChI is InChI=1S/C25H35N7O2/c1-15-8-21(23(33)26-7)31(11-15)24(34)22(25(4,5)6)32-13-18(28-29-32)12-30-14-27-19-9-16(2)17(3)10-20(19)30/h9-10,13-15,21-22H,8,11-12H2,1-7H3,(H,26,33). The van der Waals surface area contributed by atoms with Crippen LogP contribution in [0.15, 0.2) is 24.7 Å². The molecule has 9 heteroatoms. The molecule has 0 aliphatic carbocycles. The zero-order valence-corrected chi connectivity index (χ0v) is 21.2. The maximum absolute atomic E-state index is 13.8. The van der Waals surface area contributed by atoms with Gasteiger partial charge in [0.25, 0.3) is 0 Å². The molecule has 9 nitrogen and oxygen atoms in total. The first-order valence-electron chi connectivity index (χ1n) is 11.8. The minimum atomic E-state index is -0.573. The summed E-state index contributed by atoms with van der Waals surface area (Å²) >= 11 is 0. The second-order valence-electron chi connectivity index (χ2n) is 10.7. The molecule has 1 N–H and O–H groups in total. The fourth-order valence-corrected chi connectivity index (χ4v) is 4.87. The lowest BCUT2D eigenvalue weighted by molar-refractivity contribution is -0.143. The van der Waals surface area contributed by atoms with Gasteiger partial charge in [-0.25, -0.2) is 9.67 Å². The minimum Gasteiger partial charge on any atom is -0.357 e. The number of likely N-dealkylation sites (N-methyl/N-ethyl adjacent to an activating group) is 1. The van der Waals surface area contributed by atoms with Gasteiger partial charge in [-0.2, -0.15) is 0 Å². The van der Waals surface area contributed by atoms with Gasteiger partial charge in [0.15, 0.2) is 0 Å². The van der Waals surface area contributed by atoms with E-state index in [4.69, 9.17) is 0 Å². The molecule has 0 saturated carbocycles. The summed E-state index contributed by atoms with van der Waals surface area (Å²) < 4.78 is 3.71. The molecule has 2 amide bonds. The third kappa shape index (κ3) is 4.43. The number of carbonyl (C=O) groups is 2. The highest BCUT2D eigenvalue weighted by Crippen LogP contribution is 2.35. The third-order valence-electron chi connectivity index (χ3n) is 6.79. The van der Waals surface area contributed by atoms with Crippen molar-refractivity contribution < 1.29 is 9.59 Å². The van der Waals surface area contributed by atoms with Crippen LogP contribution in [-0.4, -0.2) is 60.9 Å². The molecule has 1 saturated heterocycles. The quantitative estimate of drug-likeness (QED) is 0.625. The van der Waals surface area contributed by atoms with E-state index in [2.05, 4.69) is 53.5 Å². The molecule has 0 radical (unpaired) electrons. The van der Waals surface area contributed by atoms with Gasteiger partial charge in [-0.05, 0) is 54.9 Å². The van der Waals surface area contributed by atoms with Gasteiger partial charge < -0.3 is 14.8 Å². The Kier molecular flexibility index (Phi) is 6.22. The van der Waals surface area contributed by atoms with E-state index < -0.39 is 17.5 Å². The summed E-state index contributed by atoms with van der Waals surface area (Å²) in [7, 11) is 1.61. The topological polar surface area (TPSA) is 97.9 Å². The third-order valence-corrected chi connectivity index (χ3v) is 6.79. The van der Waals surface area contributed by atoms with Crippen LogP contribution in [0.4, 0.5) is 0 Å². The van der Waals surface area contributed by atoms with Crippen molar-refractivity contribution in [3.63, 3.8) is 0 Å². The molecule has 1 aliphatic rings. The van der Waals surface area contributed by atoms with Crippen LogP contribution in [-0.2, 0) is 16.1 Å². The fraction of sp³-hybridized carbons (Fsp3) is 0.560. The van der Waals surface area contributed by atoms with Crippen LogP contribution >= 0.6 is 0 Å². The van der Waals surface area contributed by atoms with E-state index in [1.807, 2.05) is 37.9 Å². The first kappa shape index (κ1) is 23.9. The number of amides is 2. The number of rotatable bonds is 5. The van der Waals surface area contributed by atoms with Gasteiger partial charge in [0, 0.05) is 13.6 Å². The molecule has 1 aliphatic heterocycles. The number of likely N-dealkylation sites (tertiary alicyclic amines) is 1. The highest BCUT2D eigenvalue weighted by molar-refractivity contribution is 5.90. The lowest BCUT2D eigenvalue weighted by atomic mass is 9.85. The Bertz CT molecular complexity index is 1220. The average Bonchev–Trinajstić information content (AvgIpc) is 3.47.